The zero-order valence-corrected chi connectivity index (χ0v) is 11.3. The van der Waals surface area contributed by atoms with Crippen LogP contribution in [0.4, 0.5) is 4.39 Å². The first-order valence-corrected chi connectivity index (χ1v) is 6.23. The lowest BCUT2D eigenvalue weighted by Gasteiger charge is -2.30. The number of carbonyl (C=O) groups is 1. The number of halogens is 1. The van der Waals surface area contributed by atoms with E-state index >= 15 is 0 Å². The molecule has 0 aliphatic rings. The molecule has 1 aromatic rings. The van der Waals surface area contributed by atoms with E-state index < -0.39 is 11.4 Å². The molecular weight excluding hydrogens is 249 g/mol. The first kappa shape index (κ1) is 15.6. The number of hydrogen-bond acceptors (Lipinski definition) is 4. The van der Waals surface area contributed by atoms with Gasteiger partial charge in [0, 0.05) is 19.8 Å². The van der Waals surface area contributed by atoms with Crippen LogP contribution in [0.1, 0.15) is 18.9 Å². The third kappa shape index (κ3) is 3.52. The van der Waals surface area contributed by atoms with Crippen molar-refractivity contribution in [1.29, 1.82) is 0 Å². The largest absolute Gasteiger partial charge is 0.468 e. The lowest BCUT2D eigenvalue weighted by atomic mass is 9.77. The van der Waals surface area contributed by atoms with E-state index in [0.717, 1.165) is 0 Å². The molecule has 5 heteroatoms. The molecule has 1 atom stereocenters. The highest BCUT2D eigenvalue weighted by Gasteiger charge is 2.39. The number of nitrogens with two attached hydrogens (primary N) is 1. The van der Waals surface area contributed by atoms with Gasteiger partial charge in [-0.25, -0.2) is 4.39 Å². The first-order chi connectivity index (χ1) is 9.10. The van der Waals surface area contributed by atoms with Crippen LogP contribution in [0.25, 0.3) is 0 Å². The first-order valence-electron chi connectivity index (χ1n) is 6.23. The van der Waals surface area contributed by atoms with Crippen molar-refractivity contribution >= 4 is 5.97 Å². The molecule has 0 fully saturated rings. The molecule has 0 aromatic heterocycles. The zero-order valence-electron chi connectivity index (χ0n) is 11.3. The molecule has 0 radical (unpaired) electrons. The van der Waals surface area contributed by atoms with E-state index in [0.29, 0.717) is 25.2 Å². The van der Waals surface area contributed by atoms with Crippen LogP contribution in [-0.4, -0.2) is 32.8 Å². The van der Waals surface area contributed by atoms with Crippen LogP contribution < -0.4 is 5.73 Å². The fourth-order valence-corrected chi connectivity index (χ4v) is 2.02. The molecule has 4 nitrogen and oxygen atoms in total. The third-order valence-corrected chi connectivity index (χ3v) is 3.20. The highest BCUT2D eigenvalue weighted by atomic mass is 19.1. The zero-order chi connectivity index (χ0) is 14.3. The van der Waals surface area contributed by atoms with Crippen molar-refractivity contribution in [3.63, 3.8) is 0 Å². The summed E-state index contributed by atoms with van der Waals surface area (Å²) in [5.74, 6) is -0.786. The van der Waals surface area contributed by atoms with Gasteiger partial charge in [-0.15, -0.1) is 0 Å². The van der Waals surface area contributed by atoms with E-state index in [1.807, 2.05) is 6.92 Å². The van der Waals surface area contributed by atoms with E-state index in [-0.39, 0.29) is 12.4 Å². The fourth-order valence-electron chi connectivity index (χ4n) is 2.02. The maximum Gasteiger partial charge on any atom is 0.317 e. The Morgan fingerprint density at radius 3 is 2.47 bits per heavy atom. The number of esters is 1. The van der Waals surface area contributed by atoms with Crippen molar-refractivity contribution in [3.05, 3.63) is 35.6 Å². The summed E-state index contributed by atoms with van der Waals surface area (Å²) in [6.07, 6.45) is 0.398. The average molecular weight is 269 g/mol. The van der Waals surface area contributed by atoms with Crippen molar-refractivity contribution in [1.82, 2.24) is 0 Å². The van der Waals surface area contributed by atoms with Crippen molar-refractivity contribution in [2.75, 3.05) is 26.9 Å². The van der Waals surface area contributed by atoms with Gasteiger partial charge in [0.1, 0.15) is 11.2 Å². The second-order valence-electron chi connectivity index (χ2n) is 4.23. The van der Waals surface area contributed by atoms with Gasteiger partial charge < -0.3 is 15.2 Å². The lowest BCUT2D eigenvalue weighted by Crippen LogP contribution is -2.44. The minimum atomic E-state index is -0.988. The number of ether oxygens (including phenoxy) is 2. The molecule has 0 bridgehead atoms. The standard InChI is InChI=1S/C14H20FNO3/c1-3-19-9-8-14(10-16,13(17)18-2)11-4-6-12(15)7-5-11/h4-7H,3,8-10,16H2,1-2H3. The molecule has 0 heterocycles. The Morgan fingerprint density at radius 1 is 1.37 bits per heavy atom. The summed E-state index contributed by atoms with van der Waals surface area (Å²) in [7, 11) is 1.32. The van der Waals surface area contributed by atoms with Gasteiger partial charge in [-0.05, 0) is 31.0 Å². The second-order valence-corrected chi connectivity index (χ2v) is 4.23. The monoisotopic (exact) mass is 269 g/mol. The summed E-state index contributed by atoms with van der Waals surface area (Å²) in [5, 5.41) is 0. The van der Waals surface area contributed by atoms with Crippen LogP contribution >= 0.6 is 0 Å². The summed E-state index contributed by atoms with van der Waals surface area (Å²) in [6, 6.07) is 5.74. The average Bonchev–Trinajstić information content (AvgIpc) is 2.44. The highest BCUT2D eigenvalue weighted by molar-refractivity contribution is 5.83. The number of benzene rings is 1. The molecule has 0 saturated heterocycles. The molecule has 1 aromatic carbocycles. The predicted octanol–water partition coefficient (Wildman–Crippen LogP) is 1.62. The smallest absolute Gasteiger partial charge is 0.317 e. The molecule has 0 aliphatic heterocycles. The minimum Gasteiger partial charge on any atom is -0.468 e. The number of methoxy groups -OCH3 is 1. The third-order valence-electron chi connectivity index (χ3n) is 3.20. The quantitative estimate of drug-likeness (QED) is 0.603. The Hall–Kier alpha value is -1.46. The van der Waals surface area contributed by atoms with E-state index in [4.69, 9.17) is 15.2 Å². The lowest BCUT2D eigenvalue weighted by molar-refractivity contribution is -0.148. The van der Waals surface area contributed by atoms with Crippen molar-refractivity contribution in [2.24, 2.45) is 5.73 Å². The molecule has 19 heavy (non-hydrogen) atoms. The molecule has 0 amide bonds. The SMILES string of the molecule is CCOCCC(CN)(C(=O)OC)c1ccc(F)cc1. The van der Waals surface area contributed by atoms with Gasteiger partial charge in [-0.2, -0.15) is 0 Å². The normalized spacial score (nSPS) is 13.9. The van der Waals surface area contributed by atoms with Crippen LogP contribution in [0.5, 0.6) is 0 Å². The summed E-state index contributed by atoms with van der Waals surface area (Å²) in [6.45, 7) is 2.91. The second kappa shape index (κ2) is 7.21. The fraction of sp³-hybridized carbons (Fsp3) is 0.500. The Morgan fingerprint density at radius 2 is 2.00 bits per heavy atom. The Kier molecular flexibility index (Phi) is 5.92. The van der Waals surface area contributed by atoms with Gasteiger partial charge in [0.2, 0.25) is 0 Å². The topological polar surface area (TPSA) is 61.5 Å². The van der Waals surface area contributed by atoms with E-state index in [1.165, 1.54) is 19.2 Å². The molecule has 0 saturated carbocycles. The maximum absolute atomic E-state index is 13.0. The van der Waals surface area contributed by atoms with Crippen LogP contribution in [-0.2, 0) is 19.7 Å². The van der Waals surface area contributed by atoms with Crippen molar-refractivity contribution < 1.29 is 18.7 Å². The maximum atomic E-state index is 13.0. The Bertz CT molecular complexity index is 408. The van der Waals surface area contributed by atoms with Crippen molar-refractivity contribution in [3.8, 4) is 0 Å². The molecule has 1 unspecified atom stereocenters. The predicted molar refractivity (Wildman–Crippen MR) is 70.3 cm³/mol. The van der Waals surface area contributed by atoms with E-state index in [2.05, 4.69) is 0 Å². The Labute approximate surface area is 112 Å². The summed E-state index contributed by atoms with van der Waals surface area (Å²) in [5.41, 5.74) is 5.44. The molecule has 0 aliphatic carbocycles. The number of rotatable bonds is 7. The Balaban J connectivity index is 3.08. The van der Waals surface area contributed by atoms with E-state index in [1.54, 1.807) is 12.1 Å². The molecule has 0 spiro atoms. The summed E-state index contributed by atoms with van der Waals surface area (Å²) in [4.78, 5) is 12.1. The van der Waals surface area contributed by atoms with Gasteiger partial charge in [-0.1, -0.05) is 12.1 Å². The molecular formula is C14H20FNO3. The highest BCUT2D eigenvalue weighted by Crippen LogP contribution is 2.29. The molecule has 2 N–H and O–H groups in total. The van der Waals surface area contributed by atoms with Gasteiger partial charge in [0.15, 0.2) is 0 Å². The molecule has 106 valence electrons. The van der Waals surface area contributed by atoms with Crippen LogP contribution in [0.3, 0.4) is 0 Å². The summed E-state index contributed by atoms with van der Waals surface area (Å²) >= 11 is 0. The van der Waals surface area contributed by atoms with Crippen LogP contribution in [0.2, 0.25) is 0 Å². The number of carbonyl (C=O) groups excluding carboxylic acids is 1. The van der Waals surface area contributed by atoms with Gasteiger partial charge >= 0.3 is 5.97 Å². The minimum absolute atomic E-state index is 0.0817. The van der Waals surface area contributed by atoms with Crippen molar-refractivity contribution in [2.45, 2.75) is 18.8 Å². The van der Waals surface area contributed by atoms with Crippen LogP contribution in [0, 0.1) is 5.82 Å². The van der Waals surface area contributed by atoms with E-state index in [9.17, 15) is 9.18 Å². The van der Waals surface area contributed by atoms with Crippen LogP contribution in [0.15, 0.2) is 24.3 Å². The van der Waals surface area contributed by atoms with Gasteiger partial charge in [-0.3, -0.25) is 4.79 Å². The van der Waals surface area contributed by atoms with Gasteiger partial charge in [0.25, 0.3) is 0 Å². The van der Waals surface area contributed by atoms with Gasteiger partial charge in [0.05, 0.1) is 7.11 Å². The molecule has 1 rings (SSSR count). The number of hydrogen-bond donors (Lipinski definition) is 1. The summed E-state index contributed by atoms with van der Waals surface area (Å²) < 4.78 is 23.1.